The van der Waals surface area contributed by atoms with Crippen LogP contribution in [0.3, 0.4) is 0 Å². The molecular formula is C14H15Cl2FN2. The summed E-state index contributed by atoms with van der Waals surface area (Å²) in [6.45, 7) is 4.36. The lowest BCUT2D eigenvalue weighted by atomic mass is 9.97. The monoisotopic (exact) mass is 300 g/mol. The molecule has 2 nitrogen and oxygen atoms in total. The molecule has 0 unspecified atom stereocenters. The van der Waals surface area contributed by atoms with Crippen molar-refractivity contribution in [2.24, 2.45) is 5.92 Å². The largest absolute Gasteiger partial charge is 0.321 e. The minimum atomic E-state index is -0.441. The molecule has 2 aromatic rings. The number of halogens is 3. The highest BCUT2D eigenvalue weighted by atomic mass is 35.5. The normalized spacial score (nSPS) is 16.3. The van der Waals surface area contributed by atoms with Crippen LogP contribution in [0.5, 0.6) is 0 Å². The first-order chi connectivity index (χ1) is 8.95. The van der Waals surface area contributed by atoms with Gasteiger partial charge in [-0.25, -0.2) is 9.37 Å². The Bertz CT molecular complexity index is 644. The number of benzene rings is 1. The van der Waals surface area contributed by atoms with Crippen molar-refractivity contribution in [3.8, 4) is 0 Å². The van der Waals surface area contributed by atoms with Gasteiger partial charge in [0.1, 0.15) is 11.6 Å². The molecule has 1 saturated carbocycles. The molecule has 0 aliphatic heterocycles. The predicted molar refractivity (Wildman–Crippen MR) is 76.3 cm³/mol. The van der Waals surface area contributed by atoms with Crippen molar-refractivity contribution < 1.29 is 4.39 Å². The van der Waals surface area contributed by atoms with Gasteiger partial charge in [0.05, 0.1) is 21.9 Å². The van der Waals surface area contributed by atoms with E-state index in [0.717, 1.165) is 11.3 Å². The summed E-state index contributed by atoms with van der Waals surface area (Å²) in [5.74, 6) is 1.26. The fourth-order valence-corrected chi connectivity index (χ4v) is 3.16. The van der Waals surface area contributed by atoms with E-state index in [2.05, 4.69) is 23.4 Å². The Morgan fingerprint density at radius 1 is 1.42 bits per heavy atom. The molecular weight excluding hydrogens is 286 g/mol. The van der Waals surface area contributed by atoms with Crippen LogP contribution in [0.25, 0.3) is 11.0 Å². The average Bonchev–Trinajstić information content (AvgIpc) is 3.13. The molecule has 0 radical (unpaired) electrons. The Morgan fingerprint density at radius 2 is 2.11 bits per heavy atom. The van der Waals surface area contributed by atoms with E-state index in [0.29, 0.717) is 17.3 Å². The highest BCUT2D eigenvalue weighted by molar-refractivity contribution is 6.31. The molecule has 1 aromatic heterocycles. The van der Waals surface area contributed by atoms with Crippen molar-refractivity contribution in [3.63, 3.8) is 0 Å². The topological polar surface area (TPSA) is 17.8 Å². The number of hydrogen-bond donors (Lipinski definition) is 0. The molecule has 5 heteroatoms. The van der Waals surface area contributed by atoms with Crippen LogP contribution < -0.4 is 0 Å². The van der Waals surface area contributed by atoms with Gasteiger partial charge in [0.25, 0.3) is 0 Å². The van der Waals surface area contributed by atoms with E-state index in [1.165, 1.54) is 18.9 Å². The number of rotatable bonds is 3. The smallest absolute Gasteiger partial charge is 0.144 e. The van der Waals surface area contributed by atoms with Gasteiger partial charge in [-0.15, -0.1) is 11.6 Å². The SMILES string of the molecule is CC(C)(C1CC1)n1c(CCl)nc2cc(F)c(Cl)cc21. The van der Waals surface area contributed by atoms with Gasteiger partial charge in [-0.2, -0.15) is 0 Å². The van der Waals surface area contributed by atoms with Crippen LogP contribution in [0, 0.1) is 11.7 Å². The molecule has 1 heterocycles. The minimum Gasteiger partial charge on any atom is -0.321 e. The lowest BCUT2D eigenvalue weighted by Gasteiger charge is -2.29. The molecule has 0 amide bonds. The van der Waals surface area contributed by atoms with Gasteiger partial charge in [0, 0.05) is 11.6 Å². The van der Waals surface area contributed by atoms with Crippen molar-refractivity contribution in [3.05, 3.63) is 28.8 Å². The maximum atomic E-state index is 13.5. The first kappa shape index (κ1) is 13.2. The van der Waals surface area contributed by atoms with Gasteiger partial charge in [-0.1, -0.05) is 11.6 Å². The summed E-state index contributed by atoms with van der Waals surface area (Å²) in [5.41, 5.74) is 1.41. The van der Waals surface area contributed by atoms with Crippen LogP contribution in [0.4, 0.5) is 4.39 Å². The van der Waals surface area contributed by atoms with E-state index in [4.69, 9.17) is 23.2 Å². The third-order valence-corrected chi connectivity index (χ3v) is 4.57. The van der Waals surface area contributed by atoms with E-state index in [-0.39, 0.29) is 10.6 Å². The molecule has 0 bridgehead atoms. The van der Waals surface area contributed by atoms with Crippen LogP contribution in [0.15, 0.2) is 12.1 Å². The Balaban J connectivity index is 2.29. The molecule has 1 fully saturated rings. The number of fused-ring (bicyclic) bond motifs is 1. The van der Waals surface area contributed by atoms with E-state index < -0.39 is 5.82 Å². The van der Waals surface area contributed by atoms with Crippen LogP contribution in [0.1, 0.15) is 32.5 Å². The number of aromatic nitrogens is 2. The first-order valence-electron chi connectivity index (χ1n) is 6.38. The number of hydrogen-bond acceptors (Lipinski definition) is 1. The van der Waals surface area contributed by atoms with Gasteiger partial charge in [0.2, 0.25) is 0 Å². The third kappa shape index (κ3) is 2.03. The summed E-state index contributed by atoms with van der Waals surface area (Å²) >= 11 is 11.9. The van der Waals surface area contributed by atoms with E-state index in [1.807, 2.05) is 0 Å². The van der Waals surface area contributed by atoms with Crippen LogP contribution >= 0.6 is 23.2 Å². The second-order valence-corrected chi connectivity index (χ2v) is 6.35. The Hall–Kier alpha value is -0.800. The zero-order chi connectivity index (χ0) is 13.8. The molecule has 0 N–H and O–H groups in total. The van der Waals surface area contributed by atoms with Crippen LogP contribution in [-0.2, 0) is 11.4 Å². The molecule has 1 aliphatic carbocycles. The highest BCUT2D eigenvalue weighted by Crippen LogP contribution is 2.46. The summed E-state index contributed by atoms with van der Waals surface area (Å²) in [4.78, 5) is 4.44. The molecule has 1 aromatic carbocycles. The number of alkyl halides is 1. The second kappa shape index (κ2) is 4.35. The fraction of sp³-hybridized carbons (Fsp3) is 0.500. The molecule has 1 aliphatic rings. The molecule has 0 atom stereocenters. The Morgan fingerprint density at radius 3 is 2.68 bits per heavy atom. The van der Waals surface area contributed by atoms with Crippen molar-refractivity contribution in [1.29, 1.82) is 0 Å². The molecule has 19 heavy (non-hydrogen) atoms. The summed E-state index contributed by atoms with van der Waals surface area (Å²) in [6, 6.07) is 3.03. The summed E-state index contributed by atoms with van der Waals surface area (Å²) in [5, 5.41) is 0.126. The van der Waals surface area contributed by atoms with Gasteiger partial charge in [-0.05, 0) is 38.7 Å². The Kier molecular flexibility index (Phi) is 3.02. The summed E-state index contributed by atoms with van der Waals surface area (Å²) < 4.78 is 15.7. The van der Waals surface area contributed by atoms with Crippen molar-refractivity contribution in [1.82, 2.24) is 9.55 Å². The maximum absolute atomic E-state index is 13.5. The lowest BCUT2D eigenvalue weighted by Crippen LogP contribution is -2.30. The zero-order valence-electron chi connectivity index (χ0n) is 10.9. The van der Waals surface area contributed by atoms with E-state index in [1.54, 1.807) is 6.07 Å². The van der Waals surface area contributed by atoms with Crippen molar-refractivity contribution in [2.45, 2.75) is 38.1 Å². The third-order valence-electron chi connectivity index (χ3n) is 4.04. The fourth-order valence-electron chi connectivity index (χ4n) is 2.83. The standard InChI is InChI=1S/C14H15Cl2FN2/c1-14(2,8-3-4-8)19-12-5-9(16)10(17)6-11(12)18-13(19)7-15/h5-6,8H,3-4,7H2,1-2H3. The van der Waals surface area contributed by atoms with Crippen molar-refractivity contribution >= 4 is 34.2 Å². The zero-order valence-corrected chi connectivity index (χ0v) is 12.4. The second-order valence-electron chi connectivity index (χ2n) is 5.68. The molecule has 0 spiro atoms. The molecule has 3 rings (SSSR count). The van der Waals surface area contributed by atoms with Crippen LogP contribution in [0.2, 0.25) is 5.02 Å². The number of imidazole rings is 1. The average molecular weight is 301 g/mol. The Labute approximate surface area is 121 Å². The van der Waals surface area contributed by atoms with Gasteiger partial charge < -0.3 is 4.57 Å². The van der Waals surface area contributed by atoms with Gasteiger partial charge >= 0.3 is 0 Å². The maximum Gasteiger partial charge on any atom is 0.144 e. The quantitative estimate of drug-likeness (QED) is 0.751. The predicted octanol–water partition coefficient (Wildman–Crippen LogP) is 4.71. The first-order valence-corrected chi connectivity index (χ1v) is 7.29. The van der Waals surface area contributed by atoms with E-state index >= 15 is 0 Å². The molecule has 102 valence electrons. The van der Waals surface area contributed by atoms with E-state index in [9.17, 15) is 4.39 Å². The minimum absolute atomic E-state index is 0.0693. The summed E-state index contributed by atoms with van der Waals surface area (Å²) in [7, 11) is 0. The van der Waals surface area contributed by atoms with Gasteiger partial charge in [-0.3, -0.25) is 0 Å². The highest BCUT2D eigenvalue weighted by Gasteiger charge is 2.41. The summed E-state index contributed by atoms with van der Waals surface area (Å²) in [6.07, 6.45) is 2.42. The van der Waals surface area contributed by atoms with Gasteiger partial charge in [0.15, 0.2) is 0 Å². The number of nitrogens with zero attached hydrogens (tertiary/aromatic N) is 2. The van der Waals surface area contributed by atoms with Crippen molar-refractivity contribution in [2.75, 3.05) is 0 Å². The lowest BCUT2D eigenvalue weighted by molar-refractivity contribution is 0.306. The molecule has 0 saturated heterocycles. The van der Waals surface area contributed by atoms with Crippen LogP contribution in [-0.4, -0.2) is 9.55 Å².